The predicted molar refractivity (Wildman–Crippen MR) is 85.6 cm³/mol. The van der Waals surface area contributed by atoms with Crippen LogP contribution in [0.1, 0.15) is 29.7 Å². The molecule has 1 nitrogen and oxygen atoms in total. The quantitative estimate of drug-likeness (QED) is 0.801. The Labute approximate surface area is 128 Å². The number of hydrogen-bond acceptors (Lipinski definition) is 1. The van der Waals surface area contributed by atoms with Crippen LogP contribution in [0, 0.1) is 6.92 Å². The summed E-state index contributed by atoms with van der Waals surface area (Å²) in [5.41, 5.74) is 3.80. The summed E-state index contributed by atoms with van der Waals surface area (Å²) in [6.45, 7) is 5.09. The standard InChI is InChI=1S/C16H17BrClN/c1-11-3-5-13(6-4-11)12(2)19-10-14-7-8-15(18)9-16(14)17/h3-9,12,19H,10H2,1-2H3/t12-/m1/s1. The minimum absolute atomic E-state index is 0.322. The first-order valence-corrected chi connectivity index (χ1v) is 7.47. The molecule has 0 fully saturated rings. The number of aryl methyl sites for hydroxylation is 1. The Morgan fingerprint density at radius 1 is 1.16 bits per heavy atom. The third kappa shape index (κ3) is 4.07. The second-order valence-corrected chi connectivity index (χ2v) is 6.04. The first-order valence-electron chi connectivity index (χ1n) is 6.30. The van der Waals surface area contributed by atoms with E-state index < -0.39 is 0 Å². The van der Waals surface area contributed by atoms with E-state index in [1.165, 1.54) is 16.7 Å². The monoisotopic (exact) mass is 337 g/mol. The minimum atomic E-state index is 0.322. The summed E-state index contributed by atoms with van der Waals surface area (Å²) < 4.78 is 1.05. The molecule has 19 heavy (non-hydrogen) atoms. The van der Waals surface area contributed by atoms with E-state index in [-0.39, 0.29) is 0 Å². The van der Waals surface area contributed by atoms with Gasteiger partial charge in [-0.25, -0.2) is 0 Å². The van der Waals surface area contributed by atoms with Crippen molar-refractivity contribution in [1.29, 1.82) is 0 Å². The minimum Gasteiger partial charge on any atom is -0.306 e. The summed E-state index contributed by atoms with van der Waals surface area (Å²) in [5, 5.41) is 4.27. The summed E-state index contributed by atoms with van der Waals surface area (Å²) in [6, 6.07) is 14.8. The van der Waals surface area contributed by atoms with Gasteiger partial charge in [0.15, 0.2) is 0 Å². The normalized spacial score (nSPS) is 12.4. The molecule has 2 aromatic carbocycles. The maximum Gasteiger partial charge on any atom is 0.0417 e. The van der Waals surface area contributed by atoms with Crippen molar-refractivity contribution in [1.82, 2.24) is 5.32 Å². The average Bonchev–Trinajstić information content (AvgIpc) is 2.38. The molecule has 3 heteroatoms. The topological polar surface area (TPSA) is 12.0 Å². The zero-order valence-electron chi connectivity index (χ0n) is 11.1. The van der Waals surface area contributed by atoms with Crippen molar-refractivity contribution in [3.63, 3.8) is 0 Å². The molecular weight excluding hydrogens is 322 g/mol. The fourth-order valence-electron chi connectivity index (χ4n) is 1.90. The Bertz CT molecular complexity index is 551. The number of hydrogen-bond donors (Lipinski definition) is 1. The summed E-state index contributed by atoms with van der Waals surface area (Å²) in [7, 11) is 0. The maximum absolute atomic E-state index is 5.94. The molecule has 0 unspecified atom stereocenters. The molecule has 1 N–H and O–H groups in total. The van der Waals surface area contributed by atoms with Crippen LogP contribution in [0.2, 0.25) is 5.02 Å². The maximum atomic E-state index is 5.94. The molecule has 0 radical (unpaired) electrons. The molecule has 1 atom stereocenters. The van der Waals surface area contributed by atoms with Crippen molar-refractivity contribution in [3.05, 3.63) is 68.7 Å². The largest absolute Gasteiger partial charge is 0.306 e. The van der Waals surface area contributed by atoms with Gasteiger partial charge in [-0.15, -0.1) is 0 Å². The Kier molecular flexibility index (Phi) is 5.03. The SMILES string of the molecule is Cc1ccc([C@@H](C)NCc2ccc(Cl)cc2Br)cc1. The molecule has 0 aromatic heterocycles. The number of halogens is 2. The lowest BCUT2D eigenvalue weighted by atomic mass is 10.1. The molecule has 0 aliphatic rings. The molecule has 2 aromatic rings. The van der Waals surface area contributed by atoms with Crippen molar-refractivity contribution in [2.24, 2.45) is 0 Å². The molecule has 0 saturated carbocycles. The molecule has 0 bridgehead atoms. The van der Waals surface area contributed by atoms with E-state index in [0.717, 1.165) is 16.0 Å². The molecule has 0 heterocycles. The van der Waals surface area contributed by atoms with Crippen LogP contribution < -0.4 is 5.32 Å². The van der Waals surface area contributed by atoms with Crippen LogP contribution >= 0.6 is 27.5 Å². The van der Waals surface area contributed by atoms with E-state index in [0.29, 0.717) is 6.04 Å². The van der Waals surface area contributed by atoms with Gasteiger partial charge in [-0.05, 0) is 37.1 Å². The first-order chi connectivity index (χ1) is 9.06. The van der Waals surface area contributed by atoms with Crippen LogP contribution in [0.15, 0.2) is 46.9 Å². The fraction of sp³-hybridized carbons (Fsp3) is 0.250. The summed E-state index contributed by atoms with van der Waals surface area (Å²) in [5.74, 6) is 0. The second kappa shape index (κ2) is 6.56. The first kappa shape index (κ1) is 14.6. The van der Waals surface area contributed by atoms with Gasteiger partial charge in [-0.1, -0.05) is 63.4 Å². The van der Waals surface area contributed by atoms with Crippen LogP contribution in [-0.4, -0.2) is 0 Å². The van der Waals surface area contributed by atoms with E-state index in [2.05, 4.69) is 59.4 Å². The van der Waals surface area contributed by atoms with Gasteiger partial charge in [0.25, 0.3) is 0 Å². The molecule has 0 aliphatic carbocycles. The van der Waals surface area contributed by atoms with Crippen LogP contribution in [0.3, 0.4) is 0 Å². The van der Waals surface area contributed by atoms with E-state index in [4.69, 9.17) is 11.6 Å². The van der Waals surface area contributed by atoms with E-state index in [9.17, 15) is 0 Å². The third-order valence-corrected chi connectivity index (χ3v) is 4.16. The highest BCUT2D eigenvalue weighted by molar-refractivity contribution is 9.10. The van der Waals surface area contributed by atoms with E-state index in [1.807, 2.05) is 18.2 Å². The number of benzene rings is 2. The average molecular weight is 339 g/mol. The van der Waals surface area contributed by atoms with Gasteiger partial charge in [0, 0.05) is 22.1 Å². The number of rotatable bonds is 4. The number of nitrogens with one attached hydrogen (secondary N) is 1. The van der Waals surface area contributed by atoms with Crippen molar-refractivity contribution in [2.75, 3.05) is 0 Å². The van der Waals surface area contributed by atoms with Gasteiger partial charge in [0.2, 0.25) is 0 Å². The van der Waals surface area contributed by atoms with Gasteiger partial charge in [-0.2, -0.15) is 0 Å². The Balaban J connectivity index is 2.00. The Morgan fingerprint density at radius 3 is 2.47 bits per heavy atom. The molecule has 2 rings (SSSR count). The lowest BCUT2D eigenvalue weighted by molar-refractivity contribution is 0.573. The molecular formula is C16H17BrClN. The van der Waals surface area contributed by atoms with Crippen molar-refractivity contribution >= 4 is 27.5 Å². The van der Waals surface area contributed by atoms with Gasteiger partial charge >= 0.3 is 0 Å². The smallest absolute Gasteiger partial charge is 0.0417 e. The van der Waals surface area contributed by atoms with Crippen LogP contribution in [0.5, 0.6) is 0 Å². The van der Waals surface area contributed by atoms with Crippen LogP contribution in [0.25, 0.3) is 0 Å². The summed E-state index contributed by atoms with van der Waals surface area (Å²) >= 11 is 9.48. The highest BCUT2D eigenvalue weighted by Gasteiger charge is 2.06. The van der Waals surface area contributed by atoms with E-state index >= 15 is 0 Å². The zero-order chi connectivity index (χ0) is 13.8. The molecule has 0 saturated heterocycles. The highest BCUT2D eigenvalue weighted by atomic mass is 79.9. The van der Waals surface area contributed by atoms with Crippen molar-refractivity contribution in [3.8, 4) is 0 Å². The molecule has 0 spiro atoms. The zero-order valence-corrected chi connectivity index (χ0v) is 13.4. The summed E-state index contributed by atoms with van der Waals surface area (Å²) in [4.78, 5) is 0. The Hall–Kier alpha value is -0.830. The molecule has 100 valence electrons. The molecule has 0 aliphatic heterocycles. The van der Waals surface area contributed by atoms with Gasteiger partial charge < -0.3 is 5.32 Å². The highest BCUT2D eigenvalue weighted by Crippen LogP contribution is 2.22. The van der Waals surface area contributed by atoms with Gasteiger partial charge in [-0.3, -0.25) is 0 Å². The summed E-state index contributed by atoms with van der Waals surface area (Å²) in [6.07, 6.45) is 0. The Morgan fingerprint density at radius 2 is 1.84 bits per heavy atom. The van der Waals surface area contributed by atoms with Gasteiger partial charge in [0.05, 0.1) is 0 Å². The second-order valence-electron chi connectivity index (χ2n) is 4.75. The van der Waals surface area contributed by atoms with Crippen LogP contribution in [0.4, 0.5) is 0 Å². The van der Waals surface area contributed by atoms with Crippen molar-refractivity contribution in [2.45, 2.75) is 26.4 Å². The third-order valence-electron chi connectivity index (χ3n) is 3.19. The predicted octanol–water partition coefficient (Wildman–Crippen LogP) is 5.26. The fourth-order valence-corrected chi connectivity index (χ4v) is 2.72. The van der Waals surface area contributed by atoms with Crippen molar-refractivity contribution < 1.29 is 0 Å². The van der Waals surface area contributed by atoms with Gasteiger partial charge in [0.1, 0.15) is 0 Å². The lowest BCUT2D eigenvalue weighted by Gasteiger charge is -2.15. The van der Waals surface area contributed by atoms with E-state index in [1.54, 1.807) is 0 Å². The molecule has 0 amide bonds. The van der Waals surface area contributed by atoms with Crippen LogP contribution in [-0.2, 0) is 6.54 Å². The lowest BCUT2D eigenvalue weighted by Crippen LogP contribution is -2.18.